The summed E-state index contributed by atoms with van der Waals surface area (Å²) in [5.74, 6) is -0.231. The Balaban J connectivity index is 4.32. The average molecular weight is 1050 g/mol. The molecule has 3 atom stereocenters. The van der Waals surface area contributed by atoms with E-state index >= 15 is 0 Å². The Bertz CT molecular complexity index is 1660. The van der Waals surface area contributed by atoms with Crippen LogP contribution >= 0.6 is 7.82 Å². The van der Waals surface area contributed by atoms with E-state index in [1.165, 1.54) is 83.5 Å². The van der Waals surface area contributed by atoms with E-state index in [1.807, 2.05) is 27.2 Å². The van der Waals surface area contributed by atoms with Crippen molar-refractivity contribution in [1.82, 2.24) is 5.32 Å². The Labute approximate surface area is 456 Å². The van der Waals surface area contributed by atoms with Crippen LogP contribution in [0.5, 0.6) is 0 Å². The van der Waals surface area contributed by atoms with Crippen LogP contribution in [-0.4, -0.2) is 68.5 Å². The maximum atomic E-state index is 13.0. The monoisotopic (exact) mass is 1050 g/mol. The predicted molar refractivity (Wildman–Crippen MR) is 320 cm³/mol. The molecule has 74 heavy (non-hydrogen) atoms. The van der Waals surface area contributed by atoms with Gasteiger partial charge in [-0.15, -0.1) is 0 Å². The SMILES string of the molecule is CC/C=C\C/C=C\C/C=C\C/C=C\C/C=C\C/C=C\C/C=C\C/C=C\C/C=C\CCCCCCCC(=O)NC(COP(=O)([O-])OCC[N+](C)(C)C)C(O)/C=C/CC/C=C/CCCCCCCCCCCCCCC. The van der Waals surface area contributed by atoms with Crippen LogP contribution in [0.25, 0.3) is 0 Å². The molecule has 0 saturated heterocycles. The van der Waals surface area contributed by atoms with Crippen molar-refractivity contribution in [2.45, 2.75) is 231 Å². The zero-order valence-corrected chi connectivity index (χ0v) is 48.9. The van der Waals surface area contributed by atoms with Crippen molar-refractivity contribution < 1.29 is 32.9 Å². The van der Waals surface area contributed by atoms with E-state index < -0.39 is 26.6 Å². The maximum absolute atomic E-state index is 13.0. The second-order valence-electron chi connectivity index (χ2n) is 20.6. The molecule has 0 spiro atoms. The van der Waals surface area contributed by atoms with E-state index in [4.69, 9.17) is 9.05 Å². The highest BCUT2D eigenvalue weighted by Gasteiger charge is 2.23. The van der Waals surface area contributed by atoms with Gasteiger partial charge in [0.25, 0.3) is 7.82 Å². The molecular formula is C65H111N2O6P. The third kappa shape index (κ3) is 56.4. The number of likely N-dealkylation sites (N-methyl/N-ethyl adjacent to an activating group) is 1. The number of phosphoric ester groups is 1. The Morgan fingerprint density at radius 3 is 1.26 bits per heavy atom. The number of carbonyl (C=O) groups is 1. The molecule has 0 aromatic carbocycles. The fourth-order valence-electron chi connectivity index (χ4n) is 7.75. The quantitative estimate of drug-likeness (QED) is 0.0272. The predicted octanol–water partition coefficient (Wildman–Crippen LogP) is 17.7. The fourth-order valence-corrected chi connectivity index (χ4v) is 8.47. The van der Waals surface area contributed by atoms with Crippen molar-refractivity contribution in [3.8, 4) is 0 Å². The first-order chi connectivity index (χ1) is 36.0. The zero-order valence-electron chi connectivity index (χ0n) is 48.0. The first-order valence-corrected chi connectivity index (χ1v) is 31.0. The molecular weight excluding hydrogens is 936 g/mol. The number of phosphoric acid groups is 1. The number of nitrogens with one attached hydrogen (secondary N) is 1. The van der Waals surface area contributed by atoms with Gasteiger partial charge in [0.15, 0.2) is 0 Å². The summed E-state index contributed by atoms with van der Waals surface area (Å²) in [6.45, 7) is 4.49. The summed E-state index contributed by atoms with van der Waals surface area (Å²) in [5, 5.41) is 13.9. The molecule has 0 aliphatic rings. The van der Waals surface area contributed by atoms with Gasteiger partial charge in [-0.1, -0.05) is 244 Å². The van der Waals surface area contributed by atoms with E-state index in [2.05, 4.69) is 141 Å². The number of nitrogens with zero attached hydrogens (tertiary/aromatic N) is 1. The van der Waals surface area contributed by atoms with Crippen molar-refractivity contribution in [3.63, 3.8) is 0 Å². The molecule has 8 nitrogen and oxygen atoms in total. The smallest absolute Gasteiger partial charge is 0.268 e. The van der Waals surface area contributed by atoms with Gasteiger partial charge in [-0.25, -0.2) is 0 Å². The number of allylic oxidation sites excluding steroid dienone is 21. The fraction of sp³-hybridized carbons (Fsp3) is 0.646. The summed E-state index contributed by atoms with van der Waals surface area (Å²) >= 11 is 0. The highest BCUT2D eigenvalue weighted by molar-refractivity contribution is 7.45. The van der Waals surface area contributed by atoms with Crippen molar-refractivity contribution in [2.24, 2.45) is 0 Å². The number of unbranched alkanes of at least 4 members (excludes halogenated alkanes) is 19. The molecule has 0 aromatic rings. The van der Waals surface area contributed by atoms with Gasteiger partial charge < -0.3 is 28.8 Å². The third-order valence-corrected chi connectivity index (χ3v) is 13.3. The molecule has 0 rings (SSSR count). The van der Waals surface area contributed by atoms with Gasteiger partial charge in [0.1, 0.15) is 13.2 Å². The molecule has 1 amide bonds. The number of carbonyl (C=O) groups excluding carboxylic acids is 1. The number of amides is 1. The standard InChI is InChI=1S/C65H111N2O6P/c1-6-8-10-12-14-16-18-20-22-24-26-27-28-29-30-31-32-33-34-35-36-37-38-39-41-43-45-47-49-51-53-55-57-59-65(69)66-63(62-73-74(70,71)72-61-60-67(3,4)5)64(68)58-56-54-52-50-48-46-44-42-40-25-23-21-19-17-15-13-11-9-7-2/h8,10,14,16,20,22,26-27,29-30,32-33,35-36,38-39,43,45,48,50,56,58,63-64,68H,6-7,9,11-13,15,17-19,21,23-25,28,31,34,37,40-42,44,46-47,49,51-55,57,59-62H2,1-5H3,(H-,66,69,70,71)/b10-8-,16-14-,22-20-,27-26-,30-29-,33-32-,36-35-,39-38-,45-43-,50-48+,58-56+. The minimum Gasteiger partial charge on any atom is -0.756 e. The lowest BCUT2D eigenvalue weighted by Gasteiger charge is -2.29. The van der Waals surface area contributed by atoms with Crippen LogP contribution in [-0.2, 0) is 18.4 Å². The lowest BCUT2D eigenvalue weighted by molar-refractivity contribution is -0.870. The molecule has 3 unspecified atom stereocenters. The van der Waals surface area contributed by atoms with Crippen LogP contribution in [0.2, 0.25) is 0 Å². The van der Waals surface area contributed by atoms with Crippen molar-refractivity contribution in [2.75, 3.05) is 40.9 Å². The summed E-state index contributed by atoms with van der Waals surface area (Å²) < 4.78 is 23.3. The van der Waals surface area contributed by atoms with Crippen LogP contribution < -0.4 is 10.2 Å². The summed E-state index contributed by atoms with van der Waals surface area (Å²) in [7, 11) is 1.21. The Morgan fingerprint density at radius 1 is 0.486 bits per heavy atom. The lowest BCUT2D eigenvalue weighted by atomic mass is 10.0. The number of aliphatic hydroxyl groups is 1. The molecule has 0 bridgehead atoms. The molecule has 0 aromatic heterocycles. The van der Waals surface area contributed by atoms with Crippen LogP contribution in [0, 0.1) is 0 Å². The molecule has 9 heteroatoms. The van der Waals surface area contributed by atoms with Crippen LogP contribution in [0.15, 0.2) is 134 Å². The van der Waals surface area contributed by atoms with E-state index in [1.54, 1.807) is 6.08 Å². The second-order valence-corrected chi connectivity index (χ2v) is 22.0. The zero-order chi connectivity index (χ0) is 54.2. The third-order valence-electron chi connectivity index (χ3n) is 12.3. The van der Waals surface area contributed by atoms with Gasteiger partial charge in [0.05, 0.1) is 39.9 Å². The molecule has 0 saturated carbocycles. The summed E-state index contributed by atoms with van der Waals surface area (Å²) in [6, 6.07) is -0.925. The van der Waals surface area contributed by atoms with Gasteiger partial charge >= 0.3 is 0 Å². The summed E-state index contributed by atoms with van der Waals surface area (Å²) in [5.41, 5.74) is 0. The molecule has 0 aliphatic heterocycles. The minimum absolute atomic E-state index is 0.0178. The summed E-state index contributed by atoms with van der Waals surface area (Å²) in [6.07, 6.45) is 82.4. The number of quaternary nitrogens is 1. The largest absolute Gasteiger partial charge is 0.756 e. The molecule has 2 N–H and O–H groups in total. The topological polar surface area (TPSA) is 108 Å². The van der Waals surface area contributed by atoms with Crippen molar-refractivity contribution >= 4 is 13.7 Å². The Kier molecular flexibility index (Phi) is 52.0. The normalized spacial score (nSPS) is 14.9. The maximum Gasteiger partial charge on any atom is 0.268 e. The second kappa shape index (κ2) is 54.4. The van der Waals surface area contributed by atoms with Crippen LogP contribution in [0.1, 0.15) is 219 Å². The van der Waals surface area contributed by atoms with E-state index in [0.29, 0.717) is 17.4 Å². The molecule has 0 fully saturated rings. The van der Waals surface area contributed by atoms with Crippen molar-refractivity contribution in [1.29, 1.82) is 0 Å². The summed E-state index contributed by atoms with van der Waals surface area (Å²) in [4.78, 5) is 25.5. The highest BCUT2D eigenvalue weighted by atomic mass is 31.2. The first-order valence-electron chi connectivity index (χ1n) is 29.5. The number of hydrogen-bond acceptors (Lipinski definition) is 6. The molecule has 422 valence electrons. The average Bonchev–Trinajstić information content (AvgIpc) is 3.36. The van der Waals surface area contributed by atoms with E-state index in [9.17, 15) is 19.4 Å². The van der Waals surface area contributed by atoms with Gasteiger partial charge in [-0.2, -0.15) is 0 Å². The van der Waals surface area contributed by atoms with E-state index in [-0.39, 0.29) is 12.5 Å². The lowest BCUT2D eigenvalue weighted by Crippen LogP contribution is -2.45. The van der Waals surface area contributed by atoms with Crippen molar-refractivity contribution in [3.05, 3.63) is 134 Å². The van der Waals surface area contributed by atoms with E-state index in [0.717, 1.165) is 116 Å². The van der Waals surface area contributed by atoms with Gasteiger partial charge in [-0.3, -0.25) is 9.36 Å². The van der Waals surface area contributed by atoms with Gasteiger partial charge in [-0.05, 0) is 103 Å². The number of hydrogen-bond donors (Lipinski definition) is 2. The minimum atomic E-state index is -4.62. The van der Waals surface area contributed by atoms with Gasteiger partial charge in [0, 0.05) is 6.42 Å². The van der Waals surface area contributed by atoms with Crippen LogP contribution in [0.4, 0.5) is 0 Å². The highest BCUT2D eigenvalue weighted by Crippen LogP contribution is 2.38. The van der Waals surface area contributed by atoms with Gasteiger partial charge in [0.2, 0.25) is 5.91 Å². The molecule has 0 radical (unpaired) electrons. The Hall–Kier alpha value is -3.36. The number of rotatable bonds is 52. The van der Waals surface area contributed by atoms with Crippen LogP contribution in [0.3, 0.4) is 0 Å². The molecule has 0 aliphatic carbocycles. The first kappa shape index (κ1) is 70.6. The Morgan fingerprint density at radius 2 is 0.838 bits per heavy atom. The molecule has 0 heterocycles. The number of aliphatic hydroxyl groups excluding tert-OH is 1.